The highest BCUT2D eigenvalue weighted by Crippen LogP contribution is 2.12. The maximum atomic E-state index is 12.3. The van der Waals surface area contributed by atoms with E-state index in [4.69, 9.17) is 0 Å². The highest BCUT2D eigenvalue weighted by molar-refractivity contribution is 6.06. The molecular formula is C15H11N7O. The van der Waals surface area contributed by atoms with E-state index in [1.165, 1.54) is 4.52 Å². The molecule has 3 aromatic heterocycles. The summed E-state index contributed by atoms with van der Waals surface area (Å²) in [7, 11) is 0. The zero-order chi connectivity index (χ0) is 15.6. The molecule has 1 amide bonds. The topological polar surface area (TPSA) is 90.0 Å². The smallest absolute Gasteiger partial charge is 0.279 e. The lowest BCUT2D eigenvalue weighted by Gasteiger charge is -1.99. The molecule has 0 bridgehead atoms. The Hall–Kier alpha value is -3.55. The van der Waals surface area contributed by atoms with E-state index >= 15 is 0 Å². The monoisotopic (exact) mass is 305 g/mol. The van der Waals surface area contributed by atoms with Gasteiger partial charge in [0.1, 0.15) is 0 Å². The summed E-state index contributed by atoms with van der Waals surface area (Å²) in [6, 6.07) is 14.9. The molecule has 112 valence electrons. The average Bonchev–Trinajstić information content (AvgIpc) is 3.22. The van der Waals surface area contributed by atoms with E-state index in [-0.39, 0.29) is 11.6 Å². The van der Waals surface area contributed by atoms with E-state index < -0.39 is 0 Å². The Labute approximate surface area is 130 Å². The number of amides is 1. The summed E-state index contributed by atoms with van der Waals surface area (Å²) in [5.74, 6) is -0.0396. The zero-order valence-corrected chi connectivity index (χ0v) is 11.9. The second-order valence-corrected chi connectivity index (χ2v) is 4.81. The molecule has 4 aromatic rings. The maximum absolute atomic E-state index is 12.3. The molecule has 0 radical (unpaired) electrons. The highest BCUT2D eigenvalue weighted by atomic mass is 16.2. The number of rotatable bonds is 3. The van der Waals surface area contributed by atoms with Crippen LogP contribution >= 0.6 is 0 Å². The Kier molecular flexibility index (Phi) is 3.05. The van der Waals surface area contributed by atoms with Crippen LogP contribution in [0.4, 0.5) is 5.82 Å². The number of aromatic nitrogens is 6. The molecule has 0 fully saturated rings. The molecule has 0 aliphatic heterocycles. The van der Waals surface area contributed by atoms with Crippen molar-refractivity contribution in [3.05, 3.63) is 66.6 Å². The molecule has 0 saturated heterocycles. The van der Waals surface area contributed by atoms with E-state index in [1.807, 2.05) is 42.5 Å². The van der Waals surface area contributed by atoms with Gasteiger partial charge in [0.15, 0.2) is 11.5 Å². The zero-order valence-electron chi connectivity index (χ0n) is 11.9. The van der Waals surface area contributed by atoms with Crippen molar-refractivity contribution >= 4 is 17.2 Å². The minimum atomic E-state index is -0.383. The number of carbonyl (C=O) groups excluding carboxylic acids is 1. The van der Waals surface area contributed by atoms with Gasteiger partial charge < -0.3 is 5.32 Å². The SMILES string of the molecule is O=C(Nc1cn(-c2ccccc2)nn1)c1nnn2ccccc12. The third-order valence-electron chi connectivity index (χ3n) is 3.29. The first kappa shape index (κ1) is 13.1. The molecule has 3 heterocycles. The predicted molar refractivity (Wildman–Crippen MR) is 82.3 cm³/mol. The summed E-state index contributed by atoms with van der Waals surface area (Å²) in [4.78, 5) is 12.3. The van der Waals surface area contributed by atoms with Crippen LogP contribution in [0.2, 0.25) is 0 Å². The molecule has 0 aliphatic carbocycles. The number of anilines is 1. The predicted octanol–water partition coefficient (Wildman–Crippen LogP) is 1.56. The number of benzene rings is 1. The minimum Gasteiger partial charge on any atom is -0.302 e. The van der Waals surface area contributed by atoms with Crippen molar-refractivity contribution in [2.45, 2.75) is 0 Å². The summed E-state index contributed by atoms with van der Waals surface area (Å²) in [5, 5.41) is 18.4. The fraction of sp³-hybridized carbons (Fsp3) is 0. The van der Waals surface area contributed by atoms with Crippen molar-refractivity contribution in [3.8, 4) is 5.69 Å². The second-order valence-electron chi connectivity index (χ2n) is 4.81. The van der Waals surface area contributed by atoms with Crippen LogP contribution in [0, 0.1) is 0 Å². The molecule has 0 saturated carbocycles. The number of pyridine rings is 1. The summed E-state index contributed by atoms with van der Waals surface area (Å²) in [5.41, 5.74) is 1.72. The lowest BCUT2D eigenvalue weighted by Crippen LogP contribution is -2.13. The molecule has 8 heteroatoms. The van der Waals surface area contributed by atoms with E-state index in [9.17, 15) is 4.79 Å². The van der Waals surface area contributed by atoms with Crippen molar-refractivity contribution in [2.75, 3.05) is 5.32 Å². The number of nitrogens with one attached hydrogen (secondary N) is 1. The third kappa shape index (κ3) is 2.42. The molecule has 0 atom stereocenters. The Morgan fingerprint density at radius 1 is 0.957 bits per heavy atom. The van der Waals surface area contributed by atoms with Crippen molar-refractivity contribution in [1.82, 2.24) is 29.8 Å². The van der Waals surface area contributed by atoms with E-state index in [0.29, 0.717) is 11.3 Å². The van der Waals surface area contributed by atoms with Gasteiger partial charge in [0.25, 0.3) is 5.91 Å². The maximum Gasteiger partial charge on any atom is 0.279 e. The molecule has 4 rings (SSSR count). The lowest BCUT2D eigenvalue weighted by atomic mass is 10.3. The highest BCUT2D eigenvalue weighted by Gasteiger charge is 2.16. The summed E-state index contributed by atoms with van der Waals surface area (Å²) in [6.07, 6.45) is 3.36. The van der Waals surface area contributed by atoms with Crippen molar-refractivity contribution in [3.63, 3.8) is 0 Å². The summed E-state index contributed by atoms with van der Waals surface area (Å²) < 4.78 is 3.12. The normalized spacial score (nSPS) is 10.8. The number of hydrogen-bond acceptors (Lipinski definition) is 5. The molecule has 8 nitrogen and oxygen atoms in total. The van der Waals surface area contributed by atoms with Crippen LogP contribution < -0.4 is 5.32 Å². The fourth-order valence-corrected chi connectivity index (χ4v) is 2.21. The van der Waals surface area contributed by atoms with Crippen LogP contribution in [0.3, 0.4) is 0 Å². The minimum absolute atomic E-state index is 0.236. The molecule has 0 aliphatic rings. The number of carbonyl (C=O) groups is 1. The first-order valence-corrected chi connectivity index (χ1v) is 6.90. The summed E-state index contributed by atoms with van der Waals surface area (Å²) >= 11 is 0. The largest absolute Gasteiger partial charge is 0.302 e. The van der Waals surface area contributed by atoms with Crippen molar-refractivity contribution in [1.29, 1.82) is 0 Å². The van der Waals surface area contributed by atoms with Gasteiger partial charge in [-0.1, -0.05) is 34.7 Å². The number of para-hydroxylation sites is 1. The molecule has 0 unspecified atom stereocenters. The molecule has 0 spiro atoms. The second kappa shape index (κ2) is 5.34. The molecular weight excluding hydrogens is 294 g/mol. The van der Waals surface area contributed by atoms with Crippen LogP contribution in [0.25, 0.3) is 11.2 Å². The number of hydrogen-bond donors (Lipinski definition) is 1. The van der Waals surface area contributed by atoms with Gasteiger partial charge in [0.2, 0.25) is 0 Å². The Balaban J connectivity index is 1.59. The number of nitrogens with zero attached hydrogens (tertiary/aromatic N) is 6. The van der Waals surface area contributed by atoms with E-state index in [1.54, 1.807) is 23.1 Å². The van der Waals surface area contributed by atoms with Gasteiger partial charge in [-0.2, -0.15) is 0 Å². The van der Waals surface area contributed by atoms with Gasteiger partial charge in [-0.05, 0) is 24.3 Å². The molecule has 1 aromatic carbocycles. The van der Waals surface area contributed by atoms with Crippen LogP contribution in [-0.4, -0.2) is 35.7 Å². The first-order valence-electron chi connectivity index (χ1n) is 6.90. The Morgan fingerprint density at radius 3 is 2.65 bits per heavy atom. The van der Waals surface area contributed by atoms with Crippen LogP contribution in [0.15, 0.2) is 60.9 Å². The van der Waals surface area contributed by atoms with Gasteiger partial charge in [-0.25, -0.2) is 9.20 Å². The van der Waals surface area contributed by atoms with Gasteiger partial charge >= 0.3 is 0 Å². The molecule has 1 N–H and O–H groups in total. The average molecular weight is 305 g/mol. The first-order chi connectivity index (χ1) is 11.3. The standard InChI is InChI=1S/C15H11N7O/c23-15(14-12-8-4-5-9-21(12)20-18-14)16-13-10-22(19-17-13)11-6-2-1-3-7-11/h1-10H,(H,16,23). The van der Waals surface area contributed by atoms with E-state index in [2.05, 4.69) is 25.9 Å². The van der Waals surface area contributed by atoms with Crippen molar-refractivity contribution in [2.24, 2.45) is 0 Å². The van der Waals surface area contributed by atoms with Gasteiger partial charge in [0, 0.05) is 6.20 Å². The van der Waals surface area contributed by atoms with Gasteiger partial charge in [-0.3, -0.25) is 4.79 Å². The van der Waals surface area contributed by atoms with E-state index in [0.717, 1.165) is 5.69 Å². The number of fused-ring (bicyclic) bond motifs is 1. The van der Waals surface area contributed by atoms with Gasteiger partial charge in [-0.15, -0.1) is 10.2 Å². The molecule has 23 heavy (non-hydrogen) atoms. The summed E-state index contributed by atoms with van der Waals surface area (Å²) in [6.45, 7) is 0. The third-order valence-corrected chi connectivity index (χ3v) is 3.29. The van der Waals surface area contributed by atoms with Crippen LogP contribution in [-0.2, 0) is 0 Å². The van der Waals surface area contributed by atoms with Gasteiger partial charge in [0.05, 0.1) is 17.4 Å². The quantitative estimate of drug-likeness (QED) is 0.620. The Bertz CT molecular complexity index is 974. The van der Waals surface area contributed by atoms with Crippen LogP contribution in [0.1, 0.15) is 10.5 Å². The van der Waals surface area contributed by atoms with Crippen molar-refractivity contribution < 1.29 is 4.79 Å². The fourth-order valence-electron chi connectivity index (χ4n) is 2.21. The Morgan fingerprint density at radius 2 is 1.78 bits per heavy atom. The lowest BCUT2D eigenvalue weighted by molar-refractivity contribution is 0.102. The van der Waals surface area contributed by atoms with Crippen LogP contribution in [0.5, 0.6) is 0 Å².